The Balaban J connectivity index is 2.20. The fraction of sp³-hybridized carbons (Fsp3) is 0.692. The lowest BCUT2D eigenvalue weighted by Crippen LogP contribution is -2.46. The van der Waals surface area contributed by atoms with Gasteiger partial charge < -0.3 is 15.1 Å². The Bertz CT molecular complexity index is 488. The van der Waals surface area contributed by atoms with E-state index in [0.29, 0.717) is 11.8 Å². The van der Waals surface area contributed by atoms with Crippen LogP contribution in [0.5, 0.6) is 0 Å². The van der Waals surface area contributed by atoms with Crippen molar-refractivity contribution < 1.29 is 4.92 Å². The van der Waals surface area contributed by atoms with Crippen molar-refractivity contribution in [3.8, 4) is 0 Å². The number of likely N-dealkylation sites (N-methyl/N-ethyl adjacent to an activating group) is 1. The molecule has 0 unspecified atom stereocenters. The third-order valence-electron chi connectivity index (χ3n) is 3.60. The van der Waals surface area contributed by atoms with Gasteiger partial charge in [0, 0.05) is 32.7 Å². The number of piperazine rings is 1. The predicted octanol–water partition coefficient (Wildman–Crippen LogP) is 1.35. The molecule has 1 saturated heterocycles. The molecule has 0 radical (unpaired) electrons. The first-order chi connectivity index (χ1) is 10.2. The molecule has 116 valence electrons. The highest BCUT2D eigenvalue weighted by Crippen LogP contribution is 2.26. The lowest BCUT2D eigenvalue weighted by Gasteiger charge is -2.34. The smallest absolute Gasteiger partial charge is 0.329 e. The molecular formula is C13H22N6O2. The summed E-state index contributed by atoms with van der Waals surface area (Å²) < 4.78 is 0. The van der Waals surface area contributed by atoms with E-state index >= 15 is 0 Å². The Morgan fingerprint density at radius 3 is 2.62 bits per heavy atom. The number of aromatic nitrogens is 2. The van der Waals surface area contributed by atoms with Crippen molar-refractivity contribution in [1.29, 1.82) is 0 Å². The zero-order valence-corrected chi connectivity index (χ0v) is 12.6. The number of anilines is 2. The molecule has 1 N–H and O–H groups in total. The molecular weight excluding hydrogens is 272 g/mol. The quantitative estimate of drug-likeness (QED) is 0.626. The van der Waals surface area contributed by atoms with Crippen LogP contribution in [0.15, 0.2) is 6.20 Å². The zero-order valence-electron chi connectivity index (χ0n) is 12.6. The van der Waals surface area contributed by atoms with Gasteiger partial charge in [0.15, 0.2) is 0 Å². The fourth-order valence-electron chi connectivity index (χ4n) is 2.33. The second-order valence-corrected chi connectivity index (χ2v) is 5.01. The minimum Gasteiger partial charge on any atom is -0.354 e. The molecule has 1 fully saturated rings. The topological polar surface area (TPSA) is 87.4 Å². The minimum atomic E-state index is -0.412. The summed E-state index contributed by atoms with van der Waals surface area (Å²) in [4.78, 5) is 23.4. The van der Waals surface area contributed by atoms with Crippen molar-refractivity contribution in [1.82, 2.24) is 14.9 Å². The van der Waals surface area contributed by atoms with Crippen LogP contribution in [0.3, 0.4) is 0 Å². The van der Waals surface area contributed by atoms with Crippen LogP contribution in [0.2, 0.25) is 0 Å². The van der Waals surface area contributed by atoms with E-state index in [1.807, 2.05) is 11.8 Å². The third-order valence-corrected chi connectivity index (χ3v) is 3.60. The molecule has 2 heterocycles. The first-order valence-electron chi connectivity index (χ1n) is 7.38. The molecule has 0 spiro atoms. The van der Waals surface area contributed by atoms with Crippen LogP contribution in [0.25, 0.3) is 0 Å². The van der Waals surface area contributed by atoms with Gasteiger partial charge in [-0.2, -0.15) is 4.98 Å². The summed E-state index contributed by atoms with van der Waals surface area (Å²) in [5, 5.41) is 14.3. The second-order valence-electron chi connectivity index (χ2n) is 5.01. The summed E-state index contributed by atoms with van der Waals surface area (Å²) in [5.41, 5.74) is -0.0259. The van der Waals surface area contributed by atoms with Crippen molar-refractivity contribution in [3.63, 3.8) is 0 Å². The van der Waals surface area contributed by atoms with Crippen LogP contribution in [0.4, 0.5) is 17.5 Å². The molecule has 2 rings (SSSR count). The summed E-state index contributed by atoms with van der Waals surface area (Å²) in [6.07, 6.45) is 2.25. The molecule has 1 aliphatic rings. The lowest BCUT2D eigenvalue weighted by molar-refractivity contribution is -0.384. The van der Waals surface area contributed by atoms with Crippen molar-refractivity contribution in [2.75, 3.05) is 49.5 Å². The number of nitrogens with zero attached hydrogens (tertiary/aromatic N) is 5. The first-order valence-corrected chi connectivity index (χ1v) is 7.38. The van der Waals surface area contributed by atoms with Crippen LogP contribution in [-0.2, 0) is 0 Å². The molecule has 1 aliphatic heterocycles. The van der Waals surface area contributed by atoms with E-state index in [-0.39, 0.29) is 5.69 Å². The molecule has 8 heteroatoms. The molecule has 1 aromatic heterocycles. The summed E-state index contributed by atoms with van der Waals surface area (Å²) >= 11 is 0. The van der Waals surface area contributed by atoms with E-state index in [0.717, 1.165) is 45.7 Å². The average Bonchev–Trinajstić information content (AvgIpc) is 2.52. The third kappa shape index (κ3) is 3.78. The maximum Gasteiger partial charge on any atom is 0.329 e. The Hall–Kier alpha value is -1.96. The second kappa shape index (κ2) is 7.16. The number of nitrogens with one attached hydrogen (secondary N) is 1. The van der Waals surface area contributed by atoms with Crippen LogP contribution >= 0.6 is 0 Å². The highest BCUT2D eigenvalue weighted by atomic mass is 16.6. The van der Waals surface area contributed by atoms with Gasteiger partial charge >= 0.3 is 5.69 Å². The predicted molar refractivity (Wildman–Crippen MR) is 81.8 cm³/mol. The molecule has 8 nitrogen and oxygen atoms in total. The maximum absolute atomic E-state index is 11.2. The number of hydrogen-bond acceptors (Lipinski definition) is 7. The van der Waals surface area contributed by atoms with Crippen molar-refractivity contribution >= 4 is 17.5 Å². The molecule has 0 aliphatic carbocycles. The Morgan fingerprint density at radius 1 is 1.33 bits per heavy atom. The molecule has 21 heavy (non-hydrogen) atoms. The Morgan fingerprint density at radius 2 is 2.05 bits per heavy atom. The normalized spacial score (nSPS) is 16.0. The highest BCUT2D eigenvalue weighted by Gasteiger charge is 2.25. The maximum atomic E-state index is 11.2. The molecule has 1 aromatic rings. The number of rotatable bonds is 6. The Kier molecular flexibility index (Phi) is 5.26. The van der Waals surface area contributed by atoms with Crippen LogP contribution in [0.1, 0.15) is 20.3 Å². The van der Waals surface area contributed by atoms with Gasteiger partial charge in [-0.3, -0.25) is 10.1 Å². The summed E-state index contributed by atoms with van der Waals surface area (Å²) in [6, 6.07) is 0. The molecule has 0 amide bonds. The Labute approximate surface area is 124 Å². The number of hydrogen-bond donors (Lipinski definition) is 1. The fourth-order valence-corrected chi connectivity index (χ4v) is 2.33. The van der Waals surface area contributed by atoms with E-state index in [1.165, 1.54) is 6.20 Å². The monoisotopic (exact) mass is 294 g/mol. The van der Waals surface area contributed by atoms with Crippen LogP contribution in [0, 0.1) is 10.1 Å². The van der Waals surface area contributed by atoms with Crippen molar-refractivity contribution in [3.05, 3.63) is 16.3 Å². The first kappa shape index (κ1) is 15.4. The van der Waals surface area contributed by atoms with Gasteiger partial charge in [0.05, 0.1) is 4.92 Å². The summed E-state index contributed by atoms with van der Waals surface area (Å²) in [6.45, 7) is 9.21. The van der Waals surface area contributed by atoms with E-state index in [1.54, 1.807) is 0 Å². The van der Waals surface area contributed by atoms with Crippen molar-refractivity contribution in [2.24, 2.45) is 0 Å². The van der Waals surface area contributed by atoms with Gasteiger partial charge in [-0.1, -0.05) is 13.8 Å². The summed E-state index contributed by atoms with van der Waals surface area (Å²) in [7, 11) is 0. The van der Waals surface area contributed by atoms with Gasteiger partial charge in [0.25, 0.3) is 0 Å². The van der Waals surface area contributed by atoms with Crippen LogP contribution < -0.4 is 10.2 Å². The molecule has 0 saturated carbocycles. The number of nitro groups is 1. The highest BCUT2D eigenvalue weighted by molar-refractivity contribution is 5.59. The zero-order chi connectivity index (χ0) is 15.2. The molecule has 0 aromatic carbocycles. The SMILES string of the molecule is CCCNc1ncc([N+](=O)[O-])c(N2CCN(CC)CC2)n1. The largest absolute Gasteiger partial charge is 0.354 e. The van der Waals surface area contributed by atoms with Crippen molar-refractivity contribution in [2.45, 2.75) is 20.3 Å². The van der Waals surface area contributed by atoms with Gasteiger partial charge in [-0.05, 0) is 13.0 Å². The summed E-state index contributed by atoms with van der Waals surface area (Å²) in [5.74, 6) is 0.875. The average molecular weight is 294 g/mol. The standard InChI is InChI=1S/C13H22N6O2/c1-3-5-14-13-15-10-11(19(20)21)12(16-13)18-8-6-17(4-2)7-9-18/h10H,3-9H2,1-2H3,(H,14,15,16). The van der Waals surface area contributed by atoms with Gasteiger partial charge in [0.1, 0.15) is 6.20 Å². The van der Waals surface area contributed by atoms with E-state index in [4.69, 9.17) is 0 Å². The van der Waals surface area contributed by atoms with E-state index < -0.39 is 4.92 Å². The lowest BCUT2D eigenvalue weighted by atomic mass is 10.3. The minimum absolute atomic E-state index is 0.0259. The van der Waals surface area contributed by atoms with E-state index in [9.17, 15) is 10.1 Å². The van der Waals surface area contributed by atoms with Gasteiger partial charge in [-0.25, -0.2) is 4.98 Å². The van der Waals surface area contributed by atoms with Gasteiger partial charge in [0.2, 0.25) is 11.8 Å². The molecule has 0 atom stereocenters. The molecule has 0 bridgehead atoms. The van der Waals surface area contributed by atoms with Crippen LogP contribution in [-0.4, -0.2) is 59.1 Å². The van der Waals surface area contributed by atoms with Gasteiger partial charge in [-0.15, -0.1) is 0 Å². The van der Waals surface area contributed by atoms with E-state index in [2.05, 4.69) is 27.1 Å².